The van der Waals surface area contributed by atoms with Crippen molar-refractivity contribution in [1.82, 2.24) is 29.4 Å². The molecule has 0 bridgehead atoms. The Bertz CT molecular complexity index is 1480. The highest BCUT2D eigenvalue weighted by molar-refractivity contribution is 5.98. The number of nitriles is 1. The molecule has 0 N–H and O–H groups in total. The number of benzene rings is 1. The number of methoxy groups -OCH3 is 1. The Hall–Kier alpha value is -3.81. The number of ether oxygens (including phenoxy) is 1. The summed E-state index contributed by atoms with van der Waals surface area (Å²) in [6, 6.07) is 7.34. The number of fused-ring (bicyclic) bond motifs is 2. The van der Waals surface area contributed by atoms with Crippen LogP contribution in [0.4, 0.5) is 10.1 Å². The third kappa shape index (κ3) is 3.63. The van der Waals surface area contributed by atoms with Gasteiger partial charge in [-0.25, -0.2) is 13.9 Å². The first-order valence-electron chi connectivity index (χ1n) is 12.0. The highest BCUT2D eigenvalue weighted by Crippen LogP contribution is 2.37. The van der Waals surface area contributed by atoms with E-state index in [1.165, 1.54) is 13.2 Å². The molecular weight excluding hydrogens is 459 g/mol. The quantitative estimate of drug-likeness (QED) is 0.426. The average molecular weight is 487 g/mol. The van der Waals surface area contributed by atoms with Gasteiger partial charge in [-0.1, -0.05) is 0 Å². The van der Waals surface area contributed by atoms with Crippen molar-refractivity contribution in [3.05, 3.63) is 48.8 Å². The van der Waals surface area contributed by atoms with Crippen molar-refractivity contribution in [2.24, 2.45) is 0 Å². The minimum atomic E-state index is -0.448. The van der Waals surface area contributed by atoms with E-state index in [4.69, 9.17) is 9.72 Å². The van der Waals surface area contributed by atoms with Crippen molar-refractivity contribution in [3.8, 4) is 22.9 Å². The number of halogens is 1. The van der Waals surface area contributed by atoms with Crippen LogP contribution in [-0.4, -0.2) is 88.3 Å². The fourth-order valence-electron chi connectivity index (χ4n) is 5.46. The molecule has 3 aromatic heterocycles. The zero-order chi connectivity index (χ0) is 24.9. The number of hydrogen-bond acceptors (Lipinski definition) is 8. The van der Waals surface area contributed by atoms with Crippen LogP contribution in [-0.2, 0) is 0 Å². The van der Waals surface area contributed by atoms with Crippen molar-refractivity contribution in [3.63, 3.8) is 0 Å². The van der Waals surface area contributed by atoms with Crippen LogP contribution in [0, 0.1) is 17.1 Å². The van der Waals surface area contributed by atoms with E-state index in [-0.39, 0.29) is 11.3 Å². The Labute approximate surface area is 208 Å². The van der Waals surface area contributed by atoms with E-state index in [0.29, 0.717) is 17.6 Å². The molecule has 1 aromatic carbocycles. The Balaban J connectivity index is 1.29. The molecule has 0 unspecified atom stereocenters. The molecule has 6 rings (SSSR count). The summed E-state index contributed by atoms with van der Waals surface area (Å²) in [6.07, 6.45) is 7.81. The van der Waals surface area contributed by atoms with Gasteiger partial charge in [0.25, 0.3) is 0 Å². The number of nitrogens with zero attached hydrogens (tertiary/aromatic N) is 8. The SMILES string of the molecule is COc1cc2c(-c3cnn4cc(N5CC(CC#N)(N6CCN(C)CC6)C5)cnc34)ccnc2cc1F. The van der Waals surface area contributed by atoms with Gasteiger partial charge in [-0.15, -0.1) is 0 Å². The molecule has 9 nitrogen and oxygen atoms in total. The summed E-state index contributed by atoms with van der Waals surface area (Å²) in [5.74, 6) is -0.279. The van der Waals surface area contributed by atoms with Gasteiger partial charge in [0.15, 0.2) is 17.2 Å². The molecule has 4 aromatic rings. The molecule has 184 valence electrons. The molecule has 0 amide bonds. The number of hydrogen-bond donors (Lipinski definition) is 0. The van der Waals surface area contributed by atoms with Crippen LogP contribution in [0.15, 0.2) is 43.0 Å². The first kappa shape index (κ1) is 22.6. The second-order valence-electron chi connectivity index (χ2n) is 9.71. The Kier molecular flexibility index (Phi) is 5.47. The zero-order valence-corrected chi connectivity index (χ0v) is 20.4. The van der Waals surface area contributed by atoms with Crippen LogP contribution in [0.2, 0.25) is 0 Å². The molecule has 0 radical (unpaired) electrons. The van der Waals surface area contributed by atoms with Crippen molar-refractivity contribution < 1.29 is 9.13 Å². The Morgan fingerprint density at radius 2 is 1.92 bits per heavy atom. The molecule has 10 heteroatoms. The third-order valence-corrected chi connectivity index (χ3v) is 7.57. The number of likely N-dealkylation sites (N-methyl/N-ethyl adjacent to an activating group) is 1. The fraction of sp³-hybridized carbons (Fsp3) is 0.385. The van der Waals surface area contributed by atoms with Gasteiger partial charge >= 0.3 is 0 Å². The first-order chi connectivity index (χ1) is 17.5. The van der Waals surface area contributed by atoms with Crippen LogP contribution in [0.3, 0.4) is 0 Å². The van der Waals surface area contributed by atoms with Gasteiger partial charge in [-0.3, -0.25) is 9.88 Å². The number of pyridine rings is 1. The first-order valence-corrected chi connectivity index (χ1v) is 12.0. The van der Waals surface area contributed by atoms with Crippen LogP contribution >= 0.6 is 0 Å². The highest BCUT2D eigenvalue weighted by Gasteiger charge is 2.48. The summed E-state index contributed by atoms with van der Waals surface area (Å²) in [6.45, 7) is 5.62. The number of rotatable bonds is 5. The lowest BCUT2D eigenvalue weighted by molar-refractivity contribution is 0.0221. The summed E-state index contributed by atoms with van der Waals surface area (Å²) >= 11 is 0. The second-order valence-corrected chi connectivity index (χ2v) is 9.71. The monoisotopic (exact) mass is 486 g/mol. The predicted molar refractivity (Wildman–Crippen MR) is 134 cm³/mol. The van der Waals surface area contributed by atoms with Crippen molar-refractivity contribution in [2.75, 3.05) is 58.3 Å². The number of piperazine rings is 1. The van der Waals surface area contributed by atoms with E-state index in [2.05, 4.69) is 37.9 Å². The molecule has 2 saturated heterocycles. The molecule has 0 saturated carbocycles. The maximum absolute atomic E-state index is 14.2. The van der Waals surface area contributed by atoms with E-state index in [1.54, 1.807) is 23.0 Å². The molecule has 5 heterocycles. The van der Waals surface area contributed by atoms with E-state index in [9.17, 15) is 9.65 Å². The standard InChI is InChI=1S/C26H27FN8O/c1-32-7-9-34(10-8-32)26(4-5-28)16-33(17-26)18-13-30-25-21(14-31-35(25)15-18)19-3-6-29-23-12-22(27)24(36-2)11-20(19)23/h3,6,11-15H,4,7-10,16-17H2,1-2H3. The summed E-state index contributed by atoms with van der Waals surface area (Å²) < 4.78 is 21.2. The fourth-order valence-corrected chi connectivity index (χ4v) is 5.46. The predicted octanol–water partition coefficient (Wildman–Crippen LogP) is 2.81. The largest absolute Gasteiger partial charge is 0.494 e. The minimum absolute atomic E-state index is 0.107. The van der Waals surface area contributed by atoms with Gasteiger partial charge < -0.3 is 14.5 Å². The van der Waals surface area contributed by atoms with Gasteiger partial charge in [0, 0.05) is 62.5 Å². The molecule has 36 heavy (non-hydrogen) atoms. The summed E-state index contributed by atoms with van der Waals surface area (Å²) in [4.78, 5) is 16.1. The molecule has 0 aliphatic carbocycles. The van der Waals surface area contributed by atoms with E-state index in [1.807, 2.05) is 18.5 Å². The maximum Gasteiger partial charge on any atom is 0.167 e. The van der Waals surface area contributed by atoms with Crippen LogP contribution in [0.1, 0.15) is 6.42 Å². The van der Waals surface area contributed by atoms with Crippen LogP contribution in [0.5, 0.6) is 5.75 Å². The number of aromatic nitrogens is 4. The molecule has 2 aliphatic rings. The van der Waals surface area contributed by atoms with Gasteiger partial charge in [0.1, 0.15) is 0 Å². The molecule has 0 atom stereocenters. The van der Waals surface area contributed by atoms with E-state index < -0.39 is 5.82 Å². The molecule has 0 spiro atoms. The van der Waals surface area contributed by atoms with E-state index in [0.717, 1.165) is 61.5 Å². The van der Waals surface area contributed by atoms with Gasteiger partial charge in [-0.05, 0) is 24.7 Å². The van der Waals surface area contributed by atoms with Gasteiger partial charge in [0.05, 0.1) is 54.9 Å². The lowest BCUT2D eigenvalue weighted by Crippen LogP contribution is -2.72. The van der Waals surface area contributed by atoms with E-state index >= 15 is 0 Å². The van der Waals surface area contributed by atoms with Crippen molar-refractivity contribution in [1.29, 1.82) is 5.26 Å². The average Bonchev–Trinajstić information content (AvgIpc) is 3.29. The second kappa shape index (κ2) is 8.69. The molecular formula is C26H27FN8O. The van der Waals surface area contributed by atoms with Crippen molar-refractivity contribution >= 4 is 22.2 Å². The normalized spacial score (nSPS) is 18.3. The number of anilines is 1. The van der Waals surface area contributed by atoms with Gasteiger partial charge in [-0.2, -0.15) is 10.4 Å². The zero-order valence-electron chi connectivity index (χ0n) is 20.4. The summed E-state index contributed by atoms with van der Waals surface area (Å²) in [7, 11) is 3.59. The Morgan fingerprint density at radius 1 is 1.11 bits per heavy atom. The summed E-state index contributed by atoms with van der Waals surface area (Å²) in [5.41, 5.74) is 3.81. The lowest BCUT2D eigenvalue weighted by atomic mass is 9.83. The maximum atomic E-state index is 14.2. The molecule has 2 aliphatic heterocycles. The topological polar surface area (TPSA) is 85.8 Å². The third-order valence-electron chi connectivity index (χ3n) is 7.57. The lowest BCUT2D eigenvalue weighted by Gasteiger charge is -2.57. The minimum Gasteiger partial charge on any atom is -0.494 e. The smallest absolute Gasteiger partial charge is 0.167 e. The Morgan fingerprint density at radius 3 is 2.67 bits per heavy atom. The van der Waals surface area contributed by atoms with Crippen molar-refractivity contribution in [2.45, 2.75) is 12.0 Å². The van der Waals surface area contributed by atoms with Crippen LogP contribution in [0.25, 0.3) is 27.7 Å². The summed E-state index contributed by atoms with van der Waals surface area (Å²) in [5, 5.41) is 14.9. The highest BCUT2D eigenvalue weighted by atomic mass is 19.1. The van der Waals surface area contributed by atoms with Gasteiger partial charge in [0.2, 0.25) is 0 Å². The van der Waals surface area contributed by atoms with Crippen LogP contribution < -0.4 is 9.64 Å². The molecule has 2 fully saturated rings.